The number of rotatable bonds is 4. The first-order valence-electron chi connectivity index (χ1n) is 9.61. The smallest absolute Gasteiger partial charge is 0.341 e. The van der Waals surface area contributed by atoms with Gasteiger partial charge in [0, 0.05) is 4.88 Å². The summed E-state index contributed by atoms with van der Waals surface area (Å²) in [5.41, 5.74) is 4.37. The third kappa shape index (κ3) is 4.39. The first-order chi connectivity index (χ1) is 13.2. The summed E-state index contributed by atoms with van der Waals surface area (Å²) in [4.78, 5) is 13.5. The molecule has 28 heavy (non-hydrogen) atoms. The molecule has 1 atom stereocenters. The van der Waals surface area contributed by atoms with Crippen molar-refractivity contribution in [3.05, 3.63) is 51.4 Å². The summed E-state index contributed by atoms with van der Waals surface area (Å²) in [5.74, 6) is -0.296. The zero-order valence-electron chi connectivity index (χ0n) is 17.1. The number of carbonyl (C=O) groups excluding carboxylic acids is 1. The van der Waals surface area contributed by atoms with Gasteiger partial charge in [0.05, 0.1) is 18.7 Å². The number of methoxy groups -OCH3 is 1. The molecule has 0 radical (unpaired) electrons. The van der Waals surface area contributed by atoms with Crippen LogP contribution in [0.25, 0.3) is 0 Å². The first-order valence-corrected chi connectivity index (χ1v) is 10.8. The topological polar surface area (TPSA) is 50.4 Å². The summed E-state index contributed by atoms with van der Waals surface area (Å²) >= 11 is 7.13. The van der Waals surface area contributed by atoms with E-state index in [1.165, 1.54) is 23.1 Å². The van der Waals surface area contributed by atoms with Gasteiger partial charge in [0.15, 0.2) is 5.11 Å². The fourth-order valence-corrected chi connectivity index (χ4v) is 5.13. The molecule has 0 aliphatic heterocycles. The Morgan fingerprint density at radius 2 is 1.89 bits per heavy atom. The zero-order chi connectivity index (χ0) is 20.5. The molecule has 3 rings (SSSR count). The van der Waals surface area contributed by atoms with Gasteiger partial charge in [-0.15, -0.1) is 11.3 Å². The van der Waals surface area contributed by atoms with Gasteiger partial charge in [0.2, 0.25) is 0 Å². The van der Waals surface area contributed by atoms with Crippen LogP contribution in [0.15, 0.2) is 24.3 Å². The molecular weight excluding hydrogens is 388 g/mol. The van der Waals surface area contributed by atoms with Gasteiger partial charge in [-0.1, -0.05) is 45.0 Å². The molecule has 6 heteroatoms. The Morgan fingerprint density at radius 3 is 2.50 bits per heavy atom. The highest BCUT2D eigenvalue weighted by Crippen LogP contribution is 2.39. The average molecular weight is 417 g/mol. The molecule has 2 aromatic rings. The van der Waals surface area contributed by atoms with E-state index >= 15 is 0 Å². The fraction of sp³-hybridized carbons (Fsp3) is 0.455. The van der Waals surface area contributed by atoms with Crippen molar-refractivity contribution >= 4 is 39.6 Å². The largest absolute Gasteiger partial charge is 0.465 e. The number of ether oxygens (including phenoxy) is 1. The molecular formula is C22H28N2O2S2. The van der Waals surface area contributed by atoms with Crippen LogP contribution >= 0.6 is 23.6 Å². The molecule has 1 aliphatic rings. The van der Waals surface area contributed by atoms with Crippen LogP contribution in [0, 0.1) is 0 Å². The highest BCUT2D eigenvalue weighted by molar-refractivity contribution is 7.80. The number of aryl methyl sites for hydroxylation is 1. The minimum Gasteiger partial charge on any atom is -0.465 e. The molecule has 0 saturated heterocycles. The Labute approximate surface area is 176 Å². The van der Waals surface area contributed by atoms with Gasteiger partial charge < -0.3 is 15.4 Å². The average Bonchev–Trinajstić information content (AvgIpc) is 3.21. The summed E-state index contributed by atoms with van der Waals surface area (Å²) in [6.45, 7) is 8.70. The number of anilines is 1. The van der Waals surface area contributed by atoms with Gasteiger partial charge in [-0.2, -0.15) is 0 Å². The summed E-state index contributed by atoms with van der Waals surface area (Å²) < 4.78 is 5.00. The Bertz CT molecular complexity index is 879. The quantitative estimate of drug-likeness (QED) is 0.518. The van der Waals surface area contributed by atoms with Crippen molar-refractivity contribution in [3.63, 3.8) is 0 Å². The lowest BCUT2D eigenvalue weighted by Gasteiger charge is -2.21. The molecule has 0 bridgehead atoms. The van der Waals surface area contributed by atoms with Crippen LogP contribution in [0.2, 0.25) is 0 Å². The van der Waals surface area contributed by atoms with Crippen LogP contribution in [0.3, 0.4) is 0 Å². The van der Waals surface area contributed by atoms with Crippen LogP contribution in [0.1, 0.15) is 72.1 Å². The highest BCUT2D eigenvalue weighted by atomic mass is 32.1. The van der Waals surface area contributed by atoms with Gasteiger partial charge in [-0.3, -0.25) is 0 Å². The van der Waals surface area contributed by atoms with Crippen molar-refractivity contribution in [1.29, 1.82) is 0 Å². The first kappa shape index (κ1) is 20.8. The van der Waals surface area contributed by atoms with E-state index in [0.29, 0.717) is 10.7 Å². The maximum Gasteiger partial charge on any atom is 0.341 e. The molecule has 0 fully saturated rings. The third-order valence-electron chi connectivity index (χ3n) is 5.16. The number of thiocarbonyl (C=S) groups is 1. The molecule has 2 N–H and O–H groups in total. The molecule has 0 amide bonds. The van der Waals surface area contributed by atoms with E-state index in [4.69, 9.17) is 17.0 Å². The molecule has 0 saturated carbocycles. The number of benzene rings is 1. The molecule has 1 aliphatic carbocycles. The van der Waals surface area contributed by atoms with Gasteiger partial charge in [0.25, 0.3) is 0 Å². The molecule has 1 aromatic carbocycles. The monoisotopic (exact) mass is 416 g/mol. The Morgan fingerprint density at radius 1 is 1.21 bits per heavy atom. The summed E-state index contributed by atoms with van der Waals surface area (Å²) in [7, 11) is 1.42. The Balaban J connectivity index is 1.70. The number of hydrogen-bond acceptors (Lipinski definition) is 4. The number of hydrogen-bond donors (Lipinski definition) is 2. The minimum atomic E-state index is -0.296. The fourth-order valence-electron chi connectivity index (χ4n) is 3.50. The normalized spacial score (nSPS) is 14.3. The van der Waals surface area contributed by atoms with Gasteiger partial charge in [0.1, 0.15) is 5.00 Å². The predicted octanol–water partition coefficient (Wildman–Crippen LogP) is 5.37. The molecule has 1 unspecified atom stereocenters. The van der Waals surface area contributed by atoms with E-state index in [-0.39, 0.29) is 17.4 Å². The van der Waals surface area contributed by atoms with E-state index in [0.717, 1.165) is 29.8 Å². The third-order valence-corrected chi connectivity index (χ3v) is 6.59. The lowest BCUT2D eigenvalue weighted by atomic mass is 9.86. The van der Waals surface area contributed by atoms with E-state index in [1.54, 1.807) is 11.3 Å². The second kappa shape index (κ2) is 8.21. The van der Waals surface area contributed by atoms with Gasteiger partial charge in [-0.25, -0.2) is 4.79 Å². The van der Waals surface area contributed by atoms with Gasteiger partial charge >= 0.3 is 5.97 Å². The van der Waals surface area contributed by atoms with Crippen LogP contribution < -0.4 is 10.6 Å². The van der Waals surface area contributed by atoms with Crippen LogP contribution in [-0.2, 0) is 23.0 Å². The number of fused-ring (bicyclic) bond motifs is 1. The van der Waals surface area contributed by atoms with Crippen molar-refractivity contribution in [2.45, 2.75) is 58.4 Å². The van der Waals surface area contributed by atoms with Crippen molar-refractivity contribution in [3.8, 4) is 0 Å². The molecule has 1 heterocycles. The Kier molecular flexibility index (Phi) is 6.10. The lowest BCUT2D eigenvalue weighted by molar-refractivity contribution is 0.0601. The number of carbonyl (C=O) groups is 1. The van der Waals surface area contributed by atoms with Crippen molar-refractivity contribution < 1.29 is 9.53 Å². The lowest BCUT2D eigenvalue weighted by Crippen LogP contribution is -2.31. The second-order valence-electron chi connectivity index (χ2n) is 8.25. The van der Waals surface area contributed by atoms with Crippen molar-refractivity contribution in [2.24, 2.45) is 0 Å². The van der Waals surface area contributed by atoms with E-state index in [2.05, 4.69) is 62.6 Å². The molecule has 0 spiro atoms. The summed E-state index contributed by atoms with van der Waals surface area (Å²) in [6.07, 6.45) is 3.03. The molecule has 4 nitrogen and oxygen atoms in total. The van der Waals surface area contributed by atoms with E-state index in [1.807, 2.05) is 0 Å². The summed E-state index contributed by atoms with van der Waals surface area (Å²) in [6, 6.07) is 8.68. The summed E-state index contributed by atoms with van der Waals surface area (Å²) in [5, 5.41) is 7.85. The standard InChI is InChI=1S/C22H28N2O2S2/c1-13(14-9-11-15(12-10-14)22(2,3)4)23-21(27)24-19-18(20(25)26-5)16-7-6-8-17(16)28-19/h9-13H,6-8H2,1-5H3,(H2,23,24,27). The van der Waals surface area contributed by atoms with Crippen LogP contribution in [-0.4, -0.2) is 18.2 Å². The number of nitrogens with one attached hydrogen (secondary N) is 2. The van der Waals surface area contributed by atoms with Gasteiger partial charge in [-0.05, 0) is 60.5 Å². The number of esters is 1. The SMILES string of the molecule is COC(=O)c1c(NC(=S)NC(C)c2ccc(C(C)(C)C)cc2)sc2c1CCC2. The molecule has 150 valence electrons. The maximum atomic E-state index is 12.3. The zero-order valence-corrected chi connectivity index (χ0v) is 18.8. The van der Waals surface area contributed by atoms with Crippen LogP contribution in [0.4, 0.5) is 5.00 Å². The maximum absolute atomic E-state index is 12.3. The molecule has 1 aromatic heterocycles. The van der Waals surface area contributed by atoms with Crippen LogP contribution in [0.5, 0.6) is 0 Å². The minimum absolute atomic E-state index is 0.0578. The highest BCUT2D eigenvalue weighted by Gasteiger charge is 2.27. The number of thiophene rings is 1. The van der Waals surface area contributed by atoms with E-state index in [9.17, 15) is 4.79 Å². The predicted molar refractivity (Wildman–Crippen MR) is 121 cm³/mol. The second-order valence-corrected chi connectivity index (χ2v) is 9.76. The van der Waals surface area contributed by atoms with E-state index < -0.39 is 0 Å². The Hall–Kier alpha value is -1.92. The van der Waals surface area contributed by atoms with Crippen molar-refractivity contribution in [2.75, 3.05) is 12.4 Å². The van der Waals surface area contributed by atoms with Crippen molar-refractivity contribution in [1.82, 2.24) is 5.32 Å².